The second-order valence-electron chi connectivity index (χ2n) is 2.06. The Hall–Kier alpha value is -0.410. The Kier molecular flexibility index (Phi) is 2.83. The Bertz CT molecular complexity index is 197. The SMILES string of the molecule is CSCc1cc(CN)co1. The summed E-state index contributed by atoms with van der Waals surface area (Å²) < 4.78 is 5.20. The highest BCUT2D eigenvalue weighted by Gasteiger charge is 1.97. The maximum absolute atomic E-state index is 5.39. The zero-order valence-corrected chi connectivity index (χ0v) is 6.78. The van der Waals surface area contributed by atoms with Crippen LogP contribution in [0.5, 0.6) is 0 Å². The van der Waals surface area contributed by atoms with E-state index in [1.54, 1.807) is 18.0 Å². The number of hydrogen-bond donors (Lipinski definition) is 1. The lowest BCUT2D eigenvalue weighted by Crippen LogP contribution is -1.92. The topological polar surface area (TPSA) is 39.2 Å². The molecule has 0 amide bonds. The number of furan rings is 1. The van der Waals surface area contributed by atoms with Gasteiger partial charge < -0.3 is 10.2 Å². The van der Waals surface area contributed by atoms with Crippen LogP contribution in [0, 0.1) is 0 Å². The van der Waals surface area contributed by atoms with Gasteiger partial charge in [0.1, 0.15) is 5.76 Å². The molecule has 0 radical (unpaired) electrons. The molecule has 0 aliphatic heterocycles. The molecule has 2 nitrogen and oxygen atoms in total. The van der Waals surface area contributed by atoms with E-state index in [4.69, 9.17) is 10.2 Å². The third-order valence-electron chi connectivity index (χ3n) is 1.23. The highest BCUT2D eigenvalue weighted by molar-refractivity contribution is 7.97. The normalized spacial score (nSPS) is 10.2. The van der Waals surface area contributed by atoms with Gasteiger partial charge in [0.2, 0.25) is 0 Å². The smallest absolute Gasteiger partial charge is 0.113 e. The summed E-state index contributed by atoms with van der Waals surface area (Å²) in [4.78, 5) is 0. The van der Waals surface area contributed by atoms with E-state index >= 15 is 0 Å². The van der Waals surface area contributed by atoms with E-state index < -0.39 is 0 Å². The first-order valence-electron chi connectivity index (χ1n) is 3.12. The van der Waals surface area contributed by atoms with Crippen LogP contribution in [0.25, 0.3) is 0 Å². The molecule has 1 aromatic heterocycles. The van der Waals surface area contributed by atoms with Gasteiger partial charge in [-0.2, -0.15) is 11.8 Å². The predicted molar refractivity (Wildman–Crippen MR) is 43.8 cm³/mol. The van der Waals surface area contributed by atoms with E-state index in [1.165, 1.54) is 0 Å². The van der Waals surface area contributed by atoms with E-state index in [1.807, 2.05) is 12.3 Å². The van der Waals surface area contributed by atoms with Crippen LogP contribution in [-0.4, -0.2) is 6.26 Å². The van der Waals surface area contributed by atoms with Gasteiger partial charge in [-0.05, 0) is 12.3 Å². The zero-order valence-electron chi connectivity index (χ0n) is 5.96. The van der Waals surface area contributed by atoms with Crippen molar-refractivity contribution in [2.75, 3.05) is 6.26 Å². The molecule has 0 aliphatic carbocycles. The van der Waals surface area contributed by atoms with E-state index in [0.29, 0.717) is 6.54 Å². The Morgan fingerprint density at radius 1 is 1.70 bits per heavy atom. The highest BCUT2D eigenvalue weighted by atomic mass is 32.2. The standard InChI is InChI=1S/C7H11NOS/c1-10-5-7-2-6(3-8)4-9-7/h2,4H,3,5,8H2,1H3. The van der Waals surface area contributed by atoms with Gasteiger partial charge in [-0.1, -0.05) is 0 Å². The maximum Gasteiger partial charge on any atom is 0.113 e. The van der Waals surface area contributed by atoms with Gasteiger partial charge in [0.05, 0.1) is 12.0 Å². The van der Waals surface area contributed by atoms with Crippen LogP contribution in [0.15, 0.2) is 16.7 Å². The summed E-state index contributed by atoms with van der Waals surface area (Å²) in [5.74, 6) is 1.94. The third kappa shape index (κ3) is 1.78. The molecule has 3 heteroatoms. The molecule has 0 atom stereocenters. The van der Waals surface area contributed by atoms with Gasteiger partial charge in [-0.3, -0.25) is 0 Å². The molecule has 0 saturated carbocycles. The summed E-state index contributed by atoms with van der Waals surface area (Å²) in [5.41, 5.74) is 6.47. The first-order valence-corrected chi connectivity index (χ1v) is 4.51. The molecule has 2 N–H and O–H groups in total. The minimum absolute atomic E-state index is 0.567. The van der Waals surface area contributed by atoms with Gasteiger partial charge in [0, 0.05) is 12.1 Å². The van der Waals surface area contributed by atoms with Crippen molar-refractivity contribution in [2.24, 2.45) is 5.73 Å². The number of nitrogens with two attached hydrogens (primary N) is 1. The minimum Gasteiger partial charge on any atom is -0.468 e. The lowest BCUT2D eigenvalue weighted by Gasteiger charge is -1.86. The molecule has 1 heterocycles. The highest BCUT2D eigenvalue weighted by Crippen LogP contribution is 2.12. The van der Waals surface area contributed by atoms with Gasteiger partial charge in [-0.25, -0.2) is 0 Å². The Labute approximate surface area is 64.8 Å². The van der Waals surface area contributed by atoms with Crippen LogP contribution < -0.4 is 5.73 Å². The fourth-order valence-electron chi connectivity index (χ4n) is 0.751. The molecule has 0 aliphatic rings. The monoisotopic (exact) mass is 157 g/mol. The predicted octanol–water partition coefficient (Wildman–Crippen LogP) is 1.60. The lowest BCUT2D eigenvalue weighted by atomic mass is 10.3. The van der Waals surface area contributed by atoms with E-state index in [2.05, 4.69) is 0 Å². The molecule has 56 valence electrons. The summed E-state index contributed by atoms with van der Waals surface area (Å²) in [5, 5.41) is 0. The molecular weight excluding hydrogens is 146 g/mol. The fraction of sp³-hybridized carbons (Fsp3) is 0.429. The van der Waals surface area contributed by atoms with Gasteiger partial charge >= 0.3 is 0 Å². The number of hydrogen-bond acceptors (Lipinski definition) is 3. The van der Waals surface area contributed by atoms with Crippen molar-refractivity contribution in [3.8, 4) is 0 Å². The van der Waals surface area contributed by atoms with Crippen LogP contribution in [-0.2, 0) is 12.3 Å². The summed E-state index contributed by atoms with van der Waals surface area (Å²) in [6.45, 7) is 0.567. The van der Waals surface area contributed by atoms with Crippen molar-refractivity contribution in [3.63, 3.8) is 0 Å². The van der Waals surface area contributed by atoms with Crippen molar-refractivity contribution in [1.82, 2.24) is 0 Å². The van der Waals surface area contributed by atoms with Crippen molar-refractivity contribution >= 4 is 11.8 Å². The van der Waals surface area contributed by atoms with E-state index in [9.17, 15) is 0 Å². The van der Waals surface area contributed by atoms with Gasteiger partial charge in [-0.15, -0.1) is 0 Å². The van der Waals surface area contributed by atoms with Crippen LogP contribution >= 0.6 is 11.8 Å². The summed E-state index contributed by atoms with van der Waals surface area (Å²) in [6, 6.07) is 2.00. The van der Waals surface area contributed by atoms with Crippen molar-refractivity contribution in [2.45, 2.75) is 12.3 Å². The largest absolute Gasteiger partial charge is 0.468 e. The second-order valence-corrected chi connectivity index (χ2v) is 2.92. The summed E-state index contributed by atoms with van der Waals surface area (Å²) >= 11 is 1.74. The molecule has 0 fully saturated rings. The minimum atomic E-state index is 0.567. The summed E-state index contributed by atoms with van der Waals surface area (Å²) in [6.07, 6.45) is 3.76. The quantitative estimate of drug-likeness (QED) is 0.724. The molecule has 0 aromatic carbocycles. The Morgan fingerprint density at radius 2 is 2.50 bits per heavy atom. The number of rotatable bonds is 3. The average molecular weight is 157 g/mol. The molecule has 0 bridgehead atoms. The molecule has 0 spiro atoms. The molecule has 1 aromatic rings. The third-order valence-corrected chi connectivity index (χ3v) is 1.80. The van der Waals surface area contributed by atoms with Crippen molar-refractivity contribution < 1.29 is 4.42 Å². The van der Waals surface area contributed by atoms with Crippen LogP contribution in [0.4, 0.5) is 0 Å². The lowest BCUT2D eigenvalue weighted by molar-refractivity contribution is 0.528. The zero-order chi connectivity index (χ0) is 7.40. The van der Waals surface area contributed by atoms with Crippen molar-refractivity contribution in [3.05, 3.63) is 23.7 Å². The Morgan fingerprint density at radius 3 is 3.00 bits per heavy atom. The molecule has 1 rings (SSSR count). The maximum atomic E-state index is 5.39. The molecule has 10 heavy (non-hydrogen) atoms. The van der Waals surface area contributed by atoms with Crippen LogP contribution in [0.1, 0.15) is 11.3 Å². The van der Waals surface area contributed by atoms with E-state index in [-0.39, 0.29) is 0 Å². The van der Waals surface area contributed by atoms with Gasteiger partial charge in [0.25, 0.3) is 0 Å². The molecular formula is C7H11NOS. The first-order chi connectivity index (χ1) is 4.86. The van der Waals surface area contributed by atoms with Crippen molar-refractivity contribution in [1.29, 1.82) is 0 Å². The fourth-order valence-corrected chi connectivity index (χ4v) is 1.19. The van der Waals surface area contributed by atoms with Gasteiger partial charge in [0.15, 0.2) is 0 Å². The number of thioether (sulfide) groups is 1. The Balaban J connectivity index is 2.59. The average Bonchev–Trinajstić information content (AvgIpc) is 2.37. The molecule has 0 unspecified atom stereocenters. The summed E-state index contributed by atoms with van der Waals surface area (Å²) in [7, 11) is 0. The van der Waals surface area contributed by atoms with E-state index in [0.717, 1.165) is 17.1 Å². The second kappa shape index (κ2) is 3.68. The van der Waals surface area contributed by atoms with Crippen LogP contribution in [0.3, 0.4) is 0 Å². The van der Waals surface area contributed by atoms with Crippen LogP contribution in [0.2, 0.25) is 0 Å². The molecule has 0 saturated heterocycles. The first kappa shape index (κ1) is 7.69.